The molecular formula is C9H7NO6. The normalized spacial score (nSPS) is 9.81. The van der Waals surface area contributed by atoms with Crippen molar-refractivity contribution in [1.29, 1.82) is 0 Å². The van der Waals surface area contributed by atoms with Crippen molar-refractivity contribution >= 4 is 17.6 Å². The number of carbonyl (C=O) groups is 2. The molecule has 0 saturated carbocycles. The zero-order chi connectivity index (χ0) is 12.5. The van der Waals surface area contributed by atoms with Gasteiger partial charge in [-0.05, 0) is 18.6 Å². The minimum Gasteiger partial charge on any atom is -0.477 e. The average Bonchev–Trinajstić information content (AvgIpc) is 2.15. The molecule has 1 aromatic carbocycles. The number of aromatic carboxylic acids is 2. The first-order valence-corrected chi connectivity index (χ1v) is 4.10. The van der Waals surface area contributed by atoms with E-state index in [-0.39, 0.29) is 5.56 Å². The minimum absolute atomic E-state index is 0.143. The van der Waals surface area contributed by atoms with Gasteiger partial charge >= 0.3 is 11.9 Å². The molecule has 0 fully saturated rings. The minimum atomic E-state index is -1.53. The average molecular weight is 225 g/mol. The molecule has 1 aromatic rings. The van der Waals surface area contributed by atoms with Gasteiger partial charge in [0.1, 0.15) is 11.1 Å². The predicted octanol–water partition coefficient (Wildman–Crippen LogP) is 1.30. The van der Waals surface area contributed by atoms with Gasteiger partial charge in [0.2, 0.25) is 0 Å². The third-order valence-corrected chi connectivity index (χ3v) is 2.01. The first-order chi connectivity index (χ1) is 7.36. The summed E-state index contributed by atoms with van der Waals surface area (Å²) in [5.74, 6) is -3.05. The van der Waals surface area contributed by atoms with Gasteiger partial charge < -0.3 is 10.2 Å². The Labute approximate surface area is 89.1 Å². The van der Waals surface area contributed by atoms with Gasteiger partial charge in [0.25, 0.3) is 5.69 Å². The molecule has 0 spiro atoms. The van der Waals surface area contributed by atoms with E-state index in [1.807, 2.05) is 0 Å². The number of rotatable bonds is 3. The fourth-order valence-electron chi connectivity index (χ4n) is 1.32. The van der Waals surface area contributed by atoms with E-state index in [1.165, 1.54) is 13.0 Å². The van der Waals surface area contributed by atoms with Crippen LogP contribution in [0.5, 0.6) is 0 Å². The summed E-state index contributed by atoms with van der Waals surface area (Å²) in [4.78, 5) is 31.2. The Hall–Kier alpha value is -2.44. The van der Waals surface area contributed by atoms with E-state index in [4.69, 9.17) is 10.2 Å². The van der Waals surface area contributed by atoms with Crippen LogP contribution in [0.15, 0.2) is 12.1 Å². The van der Waals surface area contributed by atoms with Crippen LogP contribution < -0.4 is 0 Å². The van der Waals surface area contributed by atoms with Gasteiger partial charge in [-0.25, -0.2) is 9.59 Å². The quantitative estimate of drug-likeness (QED) is 0.591. The highest BCUT2D eigenvalue weighted by atomic mass is 16.6. The Morgan fingerprint density at radius 1 is 1.25 bits per heavy atom. The molecule has 0 amide bonds. The summed E-state index contributed by atoms with van der Waals surface area (Å²) in [7, 11) is 0. The molecular weight excluding hydrogens is 218 g/mol. The lowest BCUT2D eigenvalue weighted by molar-refractivity contribution is -0.385. The van der Waals surface area contributed by atoms with E-state index in [9.17, 15) is 19.7 Å². The summed E-state index contributed by atoms with van der Waals surface area (Å²) < 4.78 is 0. The number of carboxylic acids is 2. The zero-order valence-electron chi connectivity index (χ0n) is 8.13. The molecule has 0 bridgehead atoms. The first-order valence-electron chi connectivity index (χ1n) is 4.10. The molecule has 1 rings (SSSR count). The van der Waals surface area contributed by atoms with Crippen LogP contribution in [0.4, 0.5) is 5.69 Å². The smallest absolute Gasteiger partial charge is 0.343 e. The monoisotopic (exact) mass is 225 g/mol. The number of hydrogen-bond donors (Lipinski definition) is 2. The van der Waals surface area contributed by atoms with Crippen molar-refractivity contribution in [2.24, 2.45) is 0 Å². The molecule has 0 unspecified atom stereocenters. The lowest BCUT2D eigenvalue weighted by atomic mass is 10.0. The SMILES string of the molecule is Cc1ccc(C(=O)O)c([N+](=O)[O-])c1C(=O)O. The molecule has 7 heteroatoms. The number of nitro benzene ring substituents is 1. The number of benzene rings is 1. The summed E-state index contributed by atoms with van der Waals surface area (Å²) in [6.07, 6.45) is 0. The standard InChI is InChI=1S/C9H7NO6/c1-4-2-3-5(8(11)12)7(10(15)16)6(4)9(13)14/h2-3H,1H3,(H,11,12)(H,13,14). The highest BCUT2D eigenvalue weighted by Gasteiger charge is 2.29. The van der Waals surface area contributed by atoms with Crippen molar-refractivity contribution in [2.45, 2.75) is 6.92 Å². The fourth-order valence-corrected chi connectivity index (χ4v) is 1.32. The summed E-state index contributed by atoms with van der Waals surface area (Å²) in [5.41, 5.74) is -1.97. The van der Waals surface area contributed by atoms with Crippen molar-refractivity contribution < 1.29 is 24.7 Å². The van der Waals surface area contributed by atoms with Crippen LogP contribution in [0.2, 0.25) is 0 Å². The van der Waals surface area contributed by atoms with Crippen LogP contribution >= 0.6 is 0 Å². The van der Waals surface area contributed by atoms with E-state index < -0.39 is 33.7 Å². The van der Waals surface area contributed by atoms with E-state index in [0.29, 0.717) is 0 Å². The van der Waals surface area contributed by atoms with Crippen LogP contribution in [-0.2, 0) is 0 Å². The van der Waals surface area contributed by atoms with Crippen molar-refractivity contribution in [3.8, 4) is 0 Å². The number of nitro groups is 1. The molecule has 0 radical (unpaired) electrons. The summed E-state index contributed by atoms with van der Waals surface area (Å²) >= 11 is 0. The summed E-state index contributed by atoms with van der Waals surface area (Å²) in [6.45, 7) is 1.36. The van der Waals surface area contributed by atoms with Crippen molar-refractivity contribution in [2.75, 3.05) is 0 Å². The predicted molar refractivity (Wildman–Crippen MR) is 51.8 cm³/mol. The molecule has 0 aromatic heterocycles. The van der Waals surface area contributed by atoms with Crippen LogP contribution in [0, 0.1) is 17.0 Å². The first kappa shape index (κ1) is 11.6. The Balaban J connectivity index is 3.70. The lowest BCUT2D eigenvalue weighted by Crippen LogP contribution is -2.11. The van der Waals surface area contributed by atoms with Gasteiger partial charge in [0, 0.05) is 0 Å². The maximum absolute atomic E-state index is 10.8. The Morgan fingerprint density at radius 2 is 1.81 bits per heavy atom. The molecule has 0 aliphatic carbocycles. The second kappa shape index (κ2) is 3.97. The summed E-state index contributed by atoms with van der Waals surface area (Å²) in [5, 5.41) is 28.2. The maximum Gasteiger partial charge on any atom is 0.343 e. The molecule has 0 heterocycles. The molecule has 0 aliphatic rings. The van der Waals surface area contributed by atoms with Gasteiger partial charge in [-0.2, -0.15) is 0 Å². The topological polar surface area (TPSA) is 118 Å². The molecule has 7 nitrogen and oxygen atoms in total. The summed E-state index contributed by atoms with van der Waals surface area (Å²) in [6, 6.07) is 2.24. The molecule has 0 atom stereocenters. The number of aryl methyl sites for hydroxylation is 1. The second-order valence-electron chi connectivity index (χ2n) is 3.02. The second-order valence-corrected chi connectivity index (χ2v) is 3.02. The molecule has 0 aliphatic heterocycles. The molecule has 16 heavy (non-hydrogen) atoms. The van der Waals surface area contributed by atoms with E-state index >= 15 is 0 Å². The number of nitrogens with zero attached hydrogens (tertiary/aromatic N) is 1. The van der Waals surface area contributed by atoms with Gasteiger partial charge in [-0.15, -0.1) is 0 Å². The van der Waals surface area contributed by atoms with E-state index in [1.54, 1.807) is 0 Å². The fraction of sp³-hybridized carbons (Fsp3) is 0.111. The maximum atomic E-state index is 10.8. The van der Waals surface area contributed by atoms with E-state index in [2.05, 4.69) is 0 Å². The van der Waals surface area contributed by atoms with Gasteiger partial charge in [-0.1, -0.05) is 6.07 Å². The molecule has 2 N–H and O–H groups in total. The highest BCUT2D eigenvalue weighted by Crippen LogP contribution is 2.26. The molecule has 0 saturated heterocycles. The largest absolute Gasteiger partial charge is 0.477 e. The zero-order valence-corrected chi connectivity index (χ0v) is 8.13. The van der Waals surface area contributed by atoms with Crippen LogP contribution in [0.1, 0.15) is 26.3 Å². The Morgan fingerprint density at radius 3 is 2.19 bits per heavy atom. The van der Waals surface area contributed by atoms with Gasteiger partial charge in [0.15, 0.2) is 0 Å². The van der Waals surface area contributed by atoms with E-state index in [0.717, 1.165) is 6.07 Å². The number of carboxylic acid groups (broad SMARTS) is 2. The lowest BCUT2D eigenvalue weighted by Gasteiger charge is -2.04. The third-order valence-electron chi connectivity index (χ3n) is 2.01. The van der Waals surface area contributed by atoms with Crippen molar-refractivity contribution in [3.05, 3.63) is 38.9 Å². The van der Waals surface area contributed by atoms with Crippen LogP contribution in [0.25, 0.3) is 0 Å². The molecule has 84 valence electrons. The van der Waals surface area contributed by atoms with Gasteiger partial charge in [0.05, 0.1) is 4.92 Å². The Bertz CT molecular complexity index is 493. The Kier molecular flexibility index (Phi) is 2.89. The van der Waals surface area contributed by atoms with Crippen LogP contribution in [0.3, 0.4) is 0 Å². The van der Waals surface area contributed by atoms with Crippen LogP contribution in [-0.4, -0.2) is 27.1 Å². The highest BCUT2D eigenvalue weighted by molar-refractivity contribution is 6.01. The third kappa shape index (κ3) is 1.83. The van der Waals surface area contributed by atoms with Gasteiger partial charge in [-0.3, -0.25) is 10.1 Å². The number of hydrogen-bond acceptors (Lipinski definition) is 4. The van der Waals surface area contributed by atoms with Crippen molar-refractivity contribution in [3.63, 3.8) is 0 Å². The van der Waals surface area contributed by atoms with Crippen molar-refractivity contribution in [1.82, 2.24) is 0 Å².